The number of carbonyl (C=O) groups excluding carboxylic acids is 1. The second-order valence-electron chi connectivity index (χ2n) is 20.5. The van der Waals surface area contributed by atoms with Crippen LogP contribution >= 0.6 is 0 Å². The van der Waals surface area contributed by atoms with Crippen LogP contribution in [-0.2, 0) is 23.7 Å². The fraction of sp³-hybridized carbons (Fsp3) is 0.980. The predicted molar refractivity (Wildman–Crippen MR) is 237 cm³/mol. The number of hydrogen-bond donors (Lipinski definition) is 0. The highest BCUT2D eigenvalue weighted by Gasteiger charge is 2.46. The summed E-state index contributed by atoms with van der Waals surface area (Å²) >= 11 is 0. The summed E-state index contributed by atoms with van der Waals surface area (Å²) in [7, 11) is 4.07. The molecule has 5 fully saturated rings. The van der Waals surface area contributed by atoms with E-state index in [1.165, 1.54) is 141 Å². The van der Waals surface area contributed by atoms with Gasteiger partial charge in [0.05, 0.1) is 6.61 Å². The molecule has 0 aromatic rings. The van der Waals surface area contributed by atoms with Gasteiger partial charge >= 0.3 is 5.97 Å². The van der Waals surface area contributed by atoms with Crippen molar-refractivity contribution in [2.75, 3.05) is 47.1 Å². The predicted octanol–water partition coefficient (Wildman–Crippen LogP) is 13.0. The summed E-state index contributed by atoms with van der Waals surface area (Å²) in [5.74, 6) is 8.53. The molecule has 332 valence electrons. The fourth-order valence-corrected chi connectivity index (χ4v) is 10.7. The quantitative estimate of drug-likeness (QED) is 0.0458. The highest BCUT2D eigenvalue weighted by Crippen LogP contribution is 2.55. The van der Waals surface area contributed by atoms with Gasteiger partial charge in [0.15, 0.2) is 0 Å². The third-order valence-corrected chi connectivity index (χ3v) is 15.0. The topological polar surface area (TPSA) is 57.2 Å². The Bertz CT molecular complexity index is 1050. The Morgan fingerprint density at radius 1 is 0.544 bits per heavy atom. The second-order valence-corrected chi connectivity index (χ2v) is 20.5. The molecule has 1 saturated heterocycles. The normalized spacial score (nSPS) is 31.3. The lowest BCUT2D eigenvalue weighted by molar-refractivity contribution is -0.150. The van der Waals surface area contributed by atoms with Gasteiger partial charge in [0, 0.05) is 19.6 Å². The molecule has 8 unspecified atom stereocenters. The van der Waals surface area contributed by atoms with Crippen molar-refractivity contribution in [2.24, 2.45) is 47.3 Å². The maximum absolute atomic E-state index is 12.4. The van der Waals surface area contributed by atoms with Crippen molar-refractivity contribution in [3.05, 3.63) is 0 Å². The van der Waals surface area contributed by atoms with Crippen molar-refractivity contribution in [3.8, 4) is 0 Å². The molecule has 0 radical (unpaired) electrons. The van der Waals surface area contributed by atoms with Crippen LogP contribution in [0.15, 0.2) is 0 Å². The number of nitrogens with zero attached hydrogens (tertiary/aromatic N) is 1. The summed E-state index contributed by atoms with van der Waals surface area (Å²) in [4.78, 5) is 14.5. The molecular formula is C51H93NO5. The highest BCUT2D eigenvalue weighted by atomic mass is 16.6. The monoisotopic (exact) mass is 800 g/mol. The van der Waals surface area contributed by atoms with Crippen molar-refractivity contribution in [1.82, 2.24) is 4.90 Å². The first kappa shape index (κ1) is 47.4. The Kier molecular flexibility index (Phi) is 22.7. The summed E-state index contributed by atoms with van der Waals surface area (Å²) in [6, 6.07) is 0. The summed E-state index contributed by atoms with van der Waals surface area (Å²) in [5, 5.41) is 0. The lowest BCUT2D eigenvalue weighted by Gasteiger charge is -2.23. The molecule has 1 aliphatic heterocycles. The van der Waals surface area contributed by atoms with Crippen LogP contribution in [0.4, 0.5) is 0 Å². The van der Waals surface area contributed by atoms with E-state index in [-0.39, 0.29) is 30.9 Å². The van der Waals surface area contributed by atoms with E-state index in [0.717, 1.165) is 86.4 Å². The molecule has 6 nitrogen and oxygen atoms in total. The number of ether oxygens (including phenoxy) is 4. The van der Waals surface area contributed by atoms with Crippen molar-refractivity contribution < 1.29 is 23.7 Å². The van der Waals surface area contributed by atoms with Crippen LogP contribution < -0.4 is 0 Å². The third kappa shape index (κ3) is 19.7. The Balaban J connectivity index is 0.858. The molecule has 5 aliphatic rings. The van der Waals surface area contributed by atoms with E-state index in [9.17, 15) is 4.79 Å². The van der Waals surface area contributed by atoms with Crippen molar-refractivity contribution >= 4 is 5.97 Å². The molecule has 0 aromatic heterocycles. The van der Waals surface area contributed by atoms with E-state index in [0.29, 0.717) is 13.0 Å². The molecule has 57 heavy (non-hydrogen) atoms. The van der Waals surface area contributed by atoms with Gasteiger partial charge in [-0.25, -0.2) is 0 Å². The molecule has 0 amide bonds. The van der Waals surface area contributed by atoms with Crippen molar-refractivity contribution in [3.63, 3.8) is 0 Å². The molecule has 5 rings (SSSR count). The van der Waals surface area contributed by atoms with Gasteiger partial charge in [-0.1, -0.05) is 142 Å². The summed E-state index contributed by atoms with van der Waals surface area (Å²) in [6.07, 6.45) is 40.2. The van der Waals surface area contributed by atoms with E-state index < -0.39 is 0 Å². The van der Waals surface area contributed by atoms with E-state index >= 15 is 0 Å². The van der Waals surface area contributed by atoms with Gasteiger partial charge in [-0.15, -0.1) is 0 Å². The van der Waals surface area contributed by atoms with Crippen LogP contribution in [0.3, 0.4) is 0 Å². The van der Waals surface area contributed by atoms with Crippen LogP contribution in [0, 0.1) is 47.3 Å². The second kappa shape index (κ2) is 27.3. The molecule has 4 aliphatic carbocycles. The molecule has 4 saturated carbocycles. The van der Waals surface area contributed by atoms with E-state index in [1.807, 2.05) is 14.1 Å². The minimum Gasteiger partial charge on any atom is -0.463 e. The Hall–Kier alpha value is -0.690. The number of carbonyl (C=O) groups is 1. The molecular weight excluding hydrogens is 707 g/mol. The maximum Gasteiger partial charge on any atom is 0.305 e. The van der Waals surface area contributed by atoms with Gasteiger partial charge in [-0.05, 0) is 126 Å². The van der Waals surface area contributed by atoms with Gasteiger partial charge < -0.3 is 23.8 Å². The van der Waals surface area contributed by atoms with E-state index in [1.54, 1.807) is 25.7 Å². The standard InChI is InChI=1S/C51H93NO5/c1-5-7-17-24-40-32-44(40)36-46-34-42(46)26-19-13-9-11-15-21-30-54-48-38-56-49(39-57-50(53)28-23-29-52(3)4)51(48)55-31-22-16-12-10-14-20-27-43-35-47(43)37-45-33-41(45)25-18-8-6-2/h40-49,51H,5-39H2,1-4H3/t40?,41?,42?,43?,44?,45?,46?,47?,48-,49+,51+/m0/s1. The molecule has 11 atom stereocenters. The van der Waals surface area contributed by atoms with Crippen LogP contribution in [0.1, 0.15) is 206 Å². The Morgan fingerprint density at radius 3 is 1.46 bits per heavy atom. The van der Waals surface area contributed by atoms with E-state index in [4.69, 9.17) is 18.9 Å². The van der Waals surface area contributed by atoms with Gasteiger partial charge in [0.1, 0.15) is 24.9 Å². The Morgan fingerprint density at radius 2 is 0.982 bits per heavy atom. The van der Waals surface area contributed by atoms with Crippen LogP contribution in [-0.4, -0.2) is 76.2 Å². The van der Waals surface area contributed by atoms with E-state index in [2.05, 4.69) is 18.7 Å². The molecule has 0 bridgehead atoms. The lowest BCUT2D eigenvalue weighted by atomic mass is 10.0. The summed E-state index contributed by atoms with van der Waals surface area (Å²) < 4.78 is 24.7. The number of hydrogen-bond acceptors (Lipinski definition) is 6. The zero-order valence-electron chi connectivity index (χ0n) is 38.1. The first-order valence-corrected chi connectivity index (χ1v) is 25.6. The molecule has 6 heteroatoms. The zero-order valence-corrected chi connectivity index (χ0v) is 38.1. The van der Waals surface area contributed by atoms with Crippen LogP contribution in [0.2, 0.25) is 0 Å². The average molecular weight is 800 g/mol. The molecule has 0 aromatic carbocycles. The van der Waals surface area contributed by atoms with Gasteiger partial charge in [0.2, 0.25) is 0 Å². The van der Waals surface area contributed by atoms with Gasteiger partial charge in [0.25, 0.3) is 0 Å². The average Bonchev–Trinajstić information content (AvgIpc) is 4.08. The fourth-order valence-electron chi connectivity index (χ4n) is 10.7. The number of rotatable bonds is 38. The largest absolute Gasteiger partial charge is 0.463 e. The highest BCUT2D eigenvalue weighted by molar-refractivity contribution is 5.69. The SMILES string of the molecule is CCCCCC1CC1CC1CC1CCCCCCCCO[C@@H]1[C@@H](OCCCCCCCCC2CC2CC2CC2CCCCC)CO[C@@H]1COC(=O)CCCN(C)C. The minimum absolute atomic E-state index is 0.0747. The molecule has 0 spiro atoms. The zero-order chi connectivity index (χ0) is 40.1. The number of unbranched alkanes of at least 4 members (excludes halogenated alkanes) is 14. The summed E-state index contributed by atoms with van der Waals surface area (Å²) in [5.41, 5.74) is 0. The lowest BCUT2D eigenvalue weighted by Crippen LogP contribution is -2.38. The van der Waals surface area contributed by atoms with Gasteiger partial charge in [-0.2, -0.15) is 0 Å². The smallest absolute Gasteiger partial charge is 0.305 e. The van der Waals surface area contributed by atoms with Crippen LogP contribution in [0.5, 0.6) is 0 Å². The van der Waals surface area contributed by atoms with Crippen molar-refractivity contribution in [1.29, 1.82) is 0 Å². The molecule has 1 heterocycles. The van der Waals surface area contributed by atoms with Crippen LogP contribution in [0.25, 0.3) is 0 Å². The van der Waals surface area contributed by atoms with Gasteiger partial charge in [-0.3, -0.25) is 4.79 Å². The first-order valence-electron chi connectivity index (χ1n) is 25.6. The maximum atomic E-state index is 12.4. The Labute approximate surface area is 352 Å². The summed E-state index contributed by atoms with van der Waals surface area (Å²) in [6.45, 7) is 7.81. The minimum atomic E-state index is -0.242. The number of esters is 1. The third-order valence-electron chi connectivity index (χ3n) is 15.0. The van der Waals surface area contributed by atoms with Crippen molar-refractivity contribution in [2.45, 2.75) is 225 Å². The first-order chi connectivity index (χ1) is 27.9. The molecule has 0 N–H and O–H groups in total.